The van der Waals surface area contributed by atoms with Crippen molar-refractivity contribution in [2.75, 3.05) is 19.8 Å². The number of nitrogens with zero attached hydrogens (tertiary/aromatic N) is 2. The number of pyridine rings is 1. The van der Waals surface area contributed by atoms with E-state index in [1.54, 1.807) is 19.2 Å². The summed E-state index contributed by atoms with van der Waals surface area (Å²) in [6.07, 6.45) is 6.98. The quantitative estimate of drug-likeness (QED) is 0.305. The summed E-state index contributed by atoms with van der Waals surface area (Å²) in [5, 5.41) is 16.5. The van der Waals surface area contributed by atoms with E-state index in [1.165, 1.54) is 4.90 Å². The predicted octanol–water partition coefficient (Wildman–Crippen LogP) is 3.38. The molecule has 14 nitrogen and oxygen atoms in total. The third kappa shape index (κ3) is 7.01. The maximum Gasteiger partial charge on any atom is 0.405 e. The van der Waals surface area contributed by atoms with Crippen LogP contribution >= 0.6 is 0 Å². The van der Waals surface area contributed by atoms with Gasteiger partial charge in [0.2, 0.25) is 27.7 Å². The molecule has 1 aromatic carbocycles. The maximum absolute atomic E-state index is 14.4. The average Bonchev–Trinajstić information content (AvgIpc) is 4.03. The number of aromatic nitrogens is 1. The molecule has 2 aromatic rings. The summed E-state index contributed by atoms with van der Waals surface area (Å²) in [4.78, 5) is 60.3. The first-order chi connectivity index (χ1) is 25.3. The highest BCUT2D eigenvalue weighted by atomic mass is 32.2. The van der Waals surface area contributed by atoms with Crippen molar-refractivity contribution < 1.29 is 46.6 Å². The monoisotopic (exact) mass is 755 g/mol. The molecule has 1 saturated heterocycles. The van der Waals surface area contributed by atoms with E-state index in [0.717, 1.165) is 29.5 Å². The lowest BCUT2D eigenvalue weighted by atomic mass is 9.88. The lowest BCUT2D eigenvalue weighted by Crippen LogP contribution is -2.59. The van der Waals surface area contributed by atoms with Gasteiger partial charge in [-0.3, -0.25) is 19.1 Å². The van der Waals surface area contributed by atoms with Gasteiger partial charge in [0.25, 0.3) is 5.91 Å². The van der Waals surface area contributed by atoms with Gasteiger partial charge >= 0.3 is 6.09 Å². The molecular formula is C37H46FN5O9S. The van der Waals surface area contributed by atoms with E-state index in [0.29, 0.717) is 31.3 Å². The molecule has 5 aliphatic rings. The van der Waals surface area contributed by atoms with Gasteiger partial charge in [-0.1, -0.05) is 32.1 Å². The Kier molecular flexibility index (Phi) is 9.79. The normalized spacial score (nSPS) is 31.6. The molecule has 4 heterocycles. The molecule has 2 aliphatic carbocycles. The Morgan fingerprint density at radius 3 is 2.70 bits per heavy atom. The molecule has 3 aliphatic heterocycles. The van der Waals surface area contributed by atoms with Gasteiger partial charge in [0.15, 0.2) is 0 Å². The number of sulfonamides is 1. The van der Waals surface area contributed by atoms with E-state index in [1.807, 2.05) is 31.2 Å². The standard InChI is InChI=1S/C37H46FN5O9S/c1-21-6-3-4-8-24-18-37(24,34(46)42-53(49,50)36(20-38)12-13-36)41-31(44)28-17-25(19-43(28)33(45)29(22(2)16-21)40-35(47)48)52-32-27-10-9-23-7-5-15-51-30(23)26(27)11-14-39-32/h4,8-11,14,21-22,24-25,28-29,40H,3,5-7,12-13,15-20H2,1-2H3,(H,41,44)(H,42,46)(H,47,48)/b8-4-/t21-,22+,24?,25+,28-,29-,37?/m0/s1. The summed E-state index contributed by atoms with van der Waals surface area (Å²) >= 11 is 0. The van der Waals surface area contributed by atoms with Crippen LogP contribution in [0.4, 0.5) is 9.18 Å². The molecule has 4 N–H and O–H groups in total. The fourth-order valence-corrected chi connectivity index (χ4v) is 9.61. The largest absolute Gasteiger partial charge is 0.493 e. The molecule has 7 atom stereocenters. The molecular weight excluding hydrogens is 709 g/mol. The highest BCUT2D eigenvalue weighted by Gasteiger charge is 2.64. The second-order valence-electron chi connectivity index (χ2n) is 15.5. The van der Waals surface area contributed by atoms with Crippen molar-refractivity contribution in [1.29, 1.82) is 0 Å². The third-order valence-corrected chi connectivity index (χ3v) is 13.7. The molecule has 4 amide bonds. The topological polar surface area (TPSA) is 193 Å². The van der Waals surface area contributed by atoms with Crippen LogP contribution in [0.15, 0.2) is 36.5 Å². The van der Waals surface area contributed by atoms with E-state index >= 15 is 0 Å². The molecule has 53 heavy (non-hydrogen) atoms. The lowest BCUT2D eigenvalue weighted by molar-refractivity contribution is -0.142. The second kappa shape index (κ2) is 14.1. The smallest absolute Gasteiger partial charge is 0.405 e. The van der Waals surface area contributed by atoms with E-state index in [2.05, 4.69) is 20.3 Å². The number of hydrogen-bond acceptors (Lipinski definition) is 9. The van der Waals surface area contributed by atoms with Gasteiger partial charge in [0.1, 0.15) is 40.9 Å². The molecule has 16 heteroatoms. The molecule has 0 spiro atoms. The summed E-state index contributed by atoms with van der Waals surface area (Å²) in [5.74, 6) is -2.16. The van der Waals surface area contributed by atoms with Crippen LogP contribution < -0.4 is 24.8 Å². The maximum atomic E-state index is 14.4. The first-order valence-corrected chi connectivity index (χ1v) is 19.9. The summed E-state index contributed by atoms with van der Waals surface area (Å²) in [5.41, 5.74) is -0.583. The van der Waals surface area contributed by atoms with E-state index in [4.69, 9.17) is 9.47 Å². The van der Waals surface area contributed by atoms with Gasteiger partial charge in [-0.05, 0) is 80.9 Å². The van der Waals surface area contributed by atoms with Crippen LogP contribution in [-0.4, -0.2) is 95.5 Å². The highest BCUT2D eigenvalue weighted by Crippen LogP contribution is 2.48. The van der Waals surface area contributed by atoms with Crippen LogP contribution in [0.2, 0.25) is 0 Å². The van der Waals surface area contributed by atoms with Crippen molar-refractivity contribution in [3.8, 4) is 11.6 Å². The number of allylic oxidation sites excluding steroid dienone is 1. The highest BCUT2D eigenvalue weighted by molar-refractivity contribution is 7.91. The Bertz CT molecular complexity index is 1960. The van der Waals surface area contributed by atoms with Crippen LogP contribution in [-0.2, 0) is 30.8 Å². The van der Waals surface area contributed by atoms with Gasteiger partial charge in [-0.15, -0.1) is 0 Å². The first kappa shape index (κ1) is 36.9. The minimum absolute atomic E-state index is 0.0247. The van der Waals surface area contributed by atoms with E-state index in [-0.39, 0.29) is 44.0 Å². The Balaban J connectivity index is 1.21. The number of nitrogens with one attached hydrogen (secondary N) is 3. The SMILES string of the molecule is C[C@H]1CC/C=C\C2CC2(C(=O)NS(=O)(=O)C2(CF)CC2)NC(=O)[C@@H]2C[C@@H](Oc3nccc4c5c(ccc34)CCCO5)CN2C(=O)[C@@H](NC(=O)O)[C@H](C)C1. The third-order valence-electron chi connectivity index (χ3n) is 11.6. The van der Waals surface area contributed by atoms with Crippen LogP contribution in [0.3, 0.4) is 0 Å². The lowest BCUT2D eigenvalue weighted by Gasteiger charge is -2.32. The fraction of sp³-hybridized carbons (Fsp3) is 0.595. The second-order valence-corrected chi connectivity index (χ2v) is 17.5. The predicted molar refractivity (Wildman–Crippen MR) is 190 cm³/mol. The van der Waals surface area contributed by atoms with Gasteiger partial charge in [-0.25, -0.2) is 22.6 Å². The Morgan fingerprint density at radius 2 is 1.96 bits per heavy atom. The Hall–Kier alpha value is -4.47. The number of carboxylic acid groups (broad SMARTS) is 1. The summed E-state index contributed by atoms with van der Waals surface area (Å²) < 4.78 is 52.8. The average molecular weight is 756 g/mol. The van der Waals surface area contributed by atoms with E-state index < -0.39 is 80.8 Å². The Labute approximate surface area is 307 Å². The number of carbonyl (C=O) groups is 4. The molecule has 7 rings (SSSR count). The zero-order valence-electron chi connectivity index (χ0n) is 29.8. The number of carbonyl (C=O) groups excluding carboxylic acids is 3. The van der Waals surface area contributed by atoms with Gasteiger partial charge in [0, 0.05) is 29.3 Å². The zero-order chi connectivity index (χ0) is 37.7. The van der Waals surface area contributed by atoms with Gasteiger partial charge in [0.05, 0.1) is 13.2 Å². The zero-order valence-corrected chi connectivity index (χ0v) is 30.6. The number of fused-ring (bicyclic) bond motifs is 5. The van der Waals surface area contributed by atoms with Crippen molar-refractivity contribution in [2.45, 2.75) is 100 Å². The Morgan fingerprint density at radius 1 is 1.17 bits per heavy atom. The van der Waals surface area contributed by atoms with Crippen LogP contribution in [0.1, 0.15) is 70.8 Å². The molecule has 2 unspecified atom stereocenters. The number of hydrogen-bond donors (Lipinski definition) is 4. The van der Waals surface area contributed by atoms with Crippen LogP contribution in [0.25, 0.3) is 10.8 Å². The molecule has 3 fully saturated rings. The number of aryl methyl sites for hydroxylation is 1. The van der Waals surface area contributed by atoms with Gasteiger partial charge < -0.3 is 30.1 Å². The summed E-state index contributed by atoms with van der Waals surface area (Å²) in [7, 11) is -4.38. The number of amides is 4. The van der Waals surface area contributed by atoms with E-state index in [9.17, 15) is 37.1 Å². The van der Waals surface area contributed by atoms with Crippen molar-refractivity contribution >= 4 is 44.6 Å². The minimum atomic E-state index is -4.38. The number of benzene rings is 1. The number of halogens is 1. The molecule has 286 valence electrons. The van der Waals surface area contributed by atoms with Crippen molar-refractivity contribution in [1.82, 2.24) is 25.2 Å². The summed E-state index contributed by atoms with van der Waals surface area (Å²) in [6, 6.07) is 3.32. The van der Waals surface area contributed by atoms with Crippen LogP contribution in [0, 0.1) is 17.8 Å². The fourth-order valence-electron chi connectivity index (χ4n) is 8.19. The van der Waals surface area contributed by atoms with Gasteiger partial charge in [-0.2, -0.15) is 0 Å². The van der Waals surface area contributed by atoms with Crippen molar-refractivity contribution in [2.24, 2.45) is 17.8 Å². The number of alkyl halides is 1. The minimum Gasteiger partial charge on any atom is -0.493 e. The van der Waals surface area contributed by atoms with Crippen molar-refractivity contribution in [3.05, 3.63) is 42.1 Å². The first-order valence-electron chi connectivity index (χ1n) is 18.4. The number of rotatable bonds is 7. The summed E-state index contributed by atoms with van der Waals surface area (Å²) in [6.45, 7) is 3.16. The molecule has 1 aromatic heterocycles. The molecule has 2 saturated carbocycles. The molecule has 0 bridgehead atoms. The molecule has 0 radical (unpaired) electrons. The van der Waals surface area contributed by atoms with Crippen molar-refractivity contribution in [3.63, 3.8) is 0 Å². The number of ether oxygens (including phenoxy) is 2. The van der Waals surface area contributed by atoms with Crippen LogP contribution in [0.5, 0.6) is 11.6 Å².